The third-order valence-corrected chi connectivity index (χ3v) is 4.46. The van der Waals surface area contributed by atoms with Crippen LogP contribution in [-0.4, -0.2) is 47.0 Å². The molecule has 29 heavy (non-hydrogen) atoms. The van der Waals surface area contributed by atoms with Crippen LogP contribution in [0.25, 0.3) is 16.7 Å². The lowest BCUT2D eigenvalue weighted by atomic mass is 10.0. The Bertz CT molecular complexity index is 1090. The molecule has 1 N–H and O–H groups in total. The van der Waals surface area contributed by atoms with Gasteiger partial charge in [0.1, 0.15) is 12.2 Å². The van der Waals surface area contributed by atoms with Gasteiger partial charge in [0, 0.05) is 12.5 Å². The number of fused-ring (bicyclic) bond motifs is 1. The first-order valence-corrected chi connectivity index (χ1v) is 9.28. The summed E-state index contributed by atoms with van der Waals surface area (Å²) < 4.78 is 11.4. The summed E-state index contributed by atoms with van der Waals surface area (Å²) in [5, 5.41) is 8.03. The van der Waals surface area contributed by atoms with Crippen molar-refractivity contribution in [3.05, 3.63) is 46.6 Å². The Balaban J connectivity index is 2.17. The molecular weight excluding hydrogens is 372 g/mol. The number of carbonyl (C=O) groups excluding carboxylic acids is 2. The maximum Gasteiger partial charge on any atom is 0.343 e. The Morgan fingerprint density at radius 1 is 1.14 bits per heavy atom. The first kappa shape index (κ1) is 20.5. The molecule has 2 heterocycles. The van der Waals surface area contributed by atoms with E-state index < -0.39 is 11.9 Å². The molecule has 0 atom stereocenters. The second kappa shape index (κ2) is 8.40. The lowest BCUT2D eigenvalue weighted by molar-refractivity contribution is -0.119. The van der Waals surface area contributed by atoms with Gasteiger partial charge < -0.3 is 14.8 Å². The monoisotopic (exact) mass is 396 g/mol. The second-order valence-electron chi connectivity index (χ2n) is 6.80. The minimum absolute atomic E-state index is 0.150. The number of rotatable bonds is 6. The highest BCUT2D eigenvalue weighted by Crippen LogP contribution is 2.27. The van der Waals surface area contributed by atoms with E-state index in [-0.39, 0.29) is 24.6 Å². The highest BCUT2D eigenvalue weighted by atomic mass is 16.5. The number of amides is 1. The first-order valence-electron chi connectivity index (χ1n) is 9.28. The number of hydrogen-bond donors (Lipinski definition) is 1. The fourth-order valence-corrected chi connectivity index (χ4v) is 3.24. The lowest BCUT2D eigenvalue weighted by Crippen LogP contribution is -2.21. The van der Waals surface area contributed by atoms with Gasteiger partial charge in [-0.05, 0) is 51.0 Å². The Morgan fingerprint density at radius 3 is 2.59 bits per heavy atom. The smallest absolute Gasteiger partial charge is 0.343 e. The van der Waals surface area contributed by atoms with Crippen LogP contribution >= 0.6 is 0 Å². The molecule has 1 amide bonds. The van der Waals surface area contributed by atoms with E-state index in [1.54, 1.807) is 6.92 Å². The molecule has 3 rings (SSSR count). The van der Waals surface area contributed by atoms with Gasteiger partial charge in [-0.15, -0.1) is 0 Å². The quantitative estimate of drug-likeness (QED) is 0.643. The Morgan fingerprint density at radius 2 is 1.90 bits per heavy atom. The van der Waals surface area contributed by atoms with Crippen LogP contribution in [0.2, 0.25) is 0 Å². The molecule has 0 radical (unpaired) electrons. The summed E-state index contributed by atoms with van der Waals surface area (Å²) in [4.78, 5) is 29.2. The Kier molecular flexibility index (Phi) is 5.93. The topological polar surface area (TPSA) is 95.3 Å². The van der Waals surface area contributed by atoms with Crippen molar-refractivity contribution in [3.63, 3.8) is 0 Å². The minimum Gasteiger partial charge on any atom is -0.462 e. The molecule has 0 aliphatic rings. The van der Waals surface area contributed by atoms with E-state index in [1.165, 1.54) is 18.0 Å². The highest BCUT2D eigenvalue weighted by Gasteiger charge is 2.22. The molecule has 0 aliphatic heterocycles. The van der Waals surface area contributed by atoms with E-state index in [0.29, 0.717) is 5.82 Å². The molecule has 0 saturated carbocycles. The summed E-state index contributed by atoms with van der Waals surface area (Å²) in [6, 6.07) is 6.02. The van der Waals surface area contributed by atoms with E-state index in [2.05, 4.69) is 22.5 Å². The number of ether oxygens (including phenoxy) is 2. The second-order valence-corrected chi connectivity index (χ2v) is 6.80. The SMILES string of the molecule is CCOC(=O)c1cnn(-c2cc(C)c3cc(C)cc(C)c3n2)c1NC(=O)COC. The molecule has 0 bridgehead atoms. The van der Waals surface area contributed by atoms with Crippen molar-refractivity contribution < 1.29 is 19.1 Å². The molecule has 0 spiro atoms. The molecule has 0 fully saturated rings. The molecular formula is C21H24N4O4. The number of benzene rings is 1. The van der Waals surface area contributed by atoms with Gasteiger partial charge in [0.2, 0.25) is 0 Å². The number of nitrogens with zero attached hydrogens (tertiary/aromatic N) is 3. The predicted octanol–water partition coefficient (Wildman–Crippen LogP) is 3.11. The molecule has 0 aliphatic carbocycles. The summed E-state index contributed by atoms with van der Waals surface area (Å²) in [6.45, 7) is 7.80. The largest absolute Gasteiger partial charge is 0.462 e. The average molecular weight is 396 g/mol. The molecule has 1 aromatic carbocycles. The summed E-state index contributed by atoms with van der Waals surface area (Å²) in [5.74, 6) is -0.299. The van der Waals surface area contributed by atoms with Gasteiger partial charge in [-0.2, -0.15) is 9.78 Å². The Hall–Kier alpha value is -3.26. The number of hydrogen-bond acceptors (Lipinski definition) is 6. The van der Waals surface area contributed by atoms with Crippen LogP contribution in [0.5, 0.6) is 0 Å². The first-order chi connectivity index (χ1) is 13.8. The van der Waals surface area contributed by atoms with Crippen LogP contribution in [0, 0.1) is 20.8 Å². The number of methoxy groups -OCH3 is 1. The number of aryl methyl sites for hydroxylation is 3. The molecule has 152 valence electrons. The molecule has 2 aromatic heterocycles. The zero-order valence-electron chi connectivity index (χ0n) is 17.2. The standard InChI is InChI=1S/C21H24N4O4/c1-6-29-21(27)16-10-22-25(20(16)24-18(26)11-28-5)17-9-13(3)15-8-12(2)7-14(4)19(15)23-17/h7-10H,6,11H2,1-5H3,(H,24,26). The normalized spacial score (nSPS) is 10.9. The van der Waals surface area contributed by atoms with Crippen LogP contribution in [-0.2, 0) is 14.3 Å². The maximum absolute atomic E-state index is 12.3. The van der Waals surface area contributed by atoms with Gasteiger partial charge in [-0.25, -0.2) is 9.78 Å². The van der Waals surface area contributed by atoms with Gasteiger partial charge in [-0.1, -0.05) is 11.6 Å². The number of esters is 1. The van der Waals surface area contributed by atoms with Crippen LogP contribution in [0.4, 0.5) is 5.82 Å². The summed E-state index contributed by atoms with van der Waals surface area (Å²) in [5.41, 5.74) is 4.19. The molecule has 3 aromatic rings. The van der Waals surface area contributed by atoms with Gasteiger partial charge in [0.05, 0.1) is 18.3 Å². The zero-order valence-corrected chi connectivity index (χ0v) is 17.2. The van der Waals surface area contributed by atoms with Crippen molar-refractivity contribution in [3.8, 4) is 5.82 Å². The average Bonchev–Trinajstić information content (AvgIpc) is 3.06. The molecule has 8 heteroatoms. The van der Waals surface area contributed by atoms with Crippen LogP contribution < -0.4 is 5.32 Å². The summed E-state index contributed by atoms with van der Waals surface area (Å²) >= 11 is 0. The van der Waals surface area contributed by atoms with Crippen molar-refractivity contribution in [2.75, 3.05) is 25.6 Å². The van der Waals surface area contributed by atoms with Gasteiger partial charge >= 0.3 is 5.97 Å². The lowest BCUT2D eigenvalue weighted by Gasteiger charge is -2.13. The van der Waals surface area contributed by atoms with Crippen molar-refractivity contribution in [1.82, 2.24) is 14.8 Å². The number of carbonyl (C=O) groups is 2. The van der Waals surface area contributed by atoms with E-state index in [4.69, 9.17) is 14.5 Å². The number of anilines is 1. The zero-order chi connectivity index (χ0) is 21.1. The van der Waals surface area contributed by atoms with Crippen LogP contribution in [0.3, 0.4) is 0 Å². The predicted molar refractivity (Wildman–Crippen MR) is 110 cm³/mol. The fraction of sp³-hybridized carbons (Fsp3) is 0.333. The van der Waals surface area contributed by atoms with Crippen molar-refractivity contribution in [2.24, 2.45) is 0 Å². The van der Waals surface area contributed by atoms with E-state index in [0.717, 1.165) is 27.6 Å². The van der Waals surface area contributed by atoms with Crippen molar-refractivity contribution >= 4 is 28.6 Å². The maximum atomic E-state index is 12.3. The van der Waals surface area contributed by atoms with Crippen molar-refractivity contribution in [2.45, 2.75) is 27.7 Å². The third-order valence-electron chi connectivity index (χ3n) is 4.46. The van der Waals surface area contributed by atoms with E-state index in [9.17, 15) is 9.59 Å². The van der Waals surface area contributed by atoms with Crippen LogP contribution in [0.1, 0.15) is 34.0 Å². The van der Waals surface area contributed by atoms with Gasteiger partial charge in [-0.3, -0.25) is 4.79 Å². The fourth-order valence-electron chi connectivity index (χ4n) is 3.24. The van der Waals surface area contributed by atoms with Gasteiger partial charge in [0.25, 0.3) is 5.91 Å². The summed E-state index contributed by atoms with van der Waals surface area (Å²) in [7, 11) is 1.42. The number of nitrogens with one attached hydrogen (secondary N) is 1. The number of pyridine rings is 1. The Labute approximate surface area is 168 Å². The summed E-state index contributed by atoms with van der Waals surface area (Å²) in [6.07, 6.45) is 1.36. The van der Waals surface area contributed by atoms with E-state index in [1.807, 2.05) is 26.8 Å². The molecule has 0 unspecified atom stereocenters. The van der Waals surface area contributed by atoms with Gasteiger partial charge in [0.15, 0.2) is 11.6 Å². The minimum atomic E-state index is -0.573. The van der Waals surface area contributed by atoms with Crippen LogP contribution in [0.15, 0.2) is 24.4 Å². The third kappa shape index (κ3) is 4.12. The van der Waals surface area contributed by atoms with Crippen molar-refractivity contribution in [1.29, 1.82) is 0 Å². The molecule has 0 saturated heterocycles. The highest BCUT2D eigenvalue weighted by molar-refractivity contribution is 6.01. The number of aromatic nitrogens is 3. The van der Waals surface area contributed by atoms with E-state index >= 15 is 0 Å². The molecule has 8 nitrogen and oxygen atoms in total.